The number of aromatic nitrogens is 3. The Hall–Kier alpha value is -3.12. The van der Waals surface area contributed by atoms with Crippen LogP contribution in [0.4, 0.5) is 17.5 Å². The number of nitrogens with one attached hydrogen (secondary N) is 3. The number of hydrogen-bond acceptors (Lipinski definition) is 9. The van der Waals surface area contributed by atoms with Crippen molar-refractivity contribution in [1.29, 1.82) is 0 Å². The molecule has 3 heterocycles. The summed E-state index contributed by atoms with van der Waals surface area (Å²) in [6, 6.07) is 7.13. The van der Waals surface area contributed by atoms with E-state index >= 15 is 0 Å². The summed E-state index contributed by atoms with van der Waals surface area (Å²) in [5, 5.41) is 6.05. The van der Waals surface area contributed by atoms with Crippen LogP contribution in [0.1, 0.15) is 19.3 Å². The number of hydrogen-bond donors (Lipinski definition) is 3. The second-order valence-corrected chi connectivity index (χ2v) is 8.49. The van der Waals surface area contributed by atoms with E-state index < -0.39 is 10.0 Å². The van der Waals surface area contributed by atoms with Crippen LogP contribution < -0.4 is 15.4 Å². The zero-order chi connectivity index (χ0) is 21.4. The summed E-state index contributed by atoms with van der Waals surface area (Å²) in [5.41, 5.74) is 0. The lowest BCUT2D eigenvalue weighted by Gasteiger charge is -2.24. The van der Waals surface area contributed by atoms with Crippen molar-refractivity contribution in [3.05, 3.63) is 36.8 Å². The number of rotatable bonds is 10. The van der Waals surface area contributed by atoms with Gasteiger partial charge in [-0.1, -0.05) is 6.07 Å². The lowest BCUT2D eigenvalue weighted by atomic mass is 10.1. The molecule has 1 aliphatic heterocycles. The largest absolute Gasteiger partial charge is 0.369 e. The highest BCUT2D eigenvalue weighted by Gasteiger charge is 2.27. The molecule has 0 aliphatic carbocycles. The lowest BCUT2D eigenvalue weighted by Crippen LogP contribution is -2.44. The molecule has 1 saturated heterocycles. The fourth-order valence-electron chi connectivity index (χ4n) is 2.82. The van der Waals surface area contributed by atoms with Crippen molar-refractivity contribution < 1.29 is 18.0 Å². The standard InChI is InChI=1S/C18H23N7O4S/c26-17-5-3-6-18(27)25(17)10-11-30(28,29)23-9-8-20-15-12-16(22-13-21-15)24-14-4-1-2-7-19-14/h1-2,4,7,12-13,23H,3,5-6,8-11H2,(H2,19,20,21,22,24). The number of anilines is 3. The molecule has 0 aromatic carbocycles. The summed E-state index contributed by atoms with van der Waals surface area (Å²) in [6.07, 6.45) is 4.11. The SMILES string of the molecule is O=C1CCCC(=O)N1CCS(=O)(=O)NCCNc1cc(Nc2ccccn2)ncn1. The van der Waals surface area contributed by atoms with Gasteiger partial charge in [0.1, 0.15) is 23.8 Å². The number of amides is 2. The van der Waals surface area contributed by atoms with Gasteiger partial charge in [-0.2, -0.15) is 0 Å². The minimum Gasteiger partial charge on any atom is -0.369 e. The molecule has 1 aliphatic rings. The Morgan fingerprint density at radius 3 is 2.47 bits per heavy atom. The molecule has 3 N–H and O–H groups in total. The zero-order valence-corrected chi connectivity index (χ0v) is 17.1. The van der Waals surface area contributed by atoms with Gasteiger partial charge in [0.15, 0.2) is 0 Å². The van der Waals surface area contributed by atoms with Gasteiger partial charge in [-0.3, -0.25) is 14.5 Å². The zero-order valence-electron chi connectivity index (χ0n) is 16.2. The molecule has 2 aromatic heterocycles. The normalized spacial score (nSPS) is 14.6. The van der Waals surface area contributed by atoms with E-state index in [-0.39, 0.29) is 43.5 Å². The third kappa shape index (κ3) is 6.46. The lowest BCUT2D eigenvalue weighted by molar-refractivity contribution is -0.147. The fourth-order valence-corrected chi connectivity index (χ4v) is 3.80. The summed E-state index contributed by atoms with van der Waals surface area (Å²) in [5.74, 6) is 0.746. The van der Waals surface area contributed by atoms with Crippen LogP contribution >= 0.6 is 0 Å². The van der Waals surface area contributed by atoms with Gasteiger partial charge >= 0.3 is 0 Å². The third-order valence-electron chi connectivity index (χ3n) is 4.31. The van der Waals surface area contributed by atoms with E-state index in [0.29, 0.717) is 30.4 Å². The first-order valence-electron chi connectivity index (χ1n) is 9.47. The molecule has 11 nitrogen and oxygen atoms in total. The summed E-state index contributed by atoms with van der Waals surface area (Å²) in [7, 11) is -3.62. The van der Waals surface area contributed by atoms with Crippen LogP contribution in [0.25, 0.3) is 0 Å². The van der Waals surface area contributed by atoms with Gasteiger partial charge in [-0.15, -0.1) is 0 Å². The van der Waals surface area contributed by atoms with Crippen LogP contribution in [0.5, 0.6) is 0 Å². The Bertz CT molecular complexity index is 969. The third-order valence-corrected chi connectivity index (χ3v) is 5.67. The van der Waals surface area contributed by atoms with Crippen molar-refractivity contribution in [3.8, 4) is 0 Å². The number of carbonyl (C=O) groups is 2. The highest BCUT2D eigenvalue weighted by Crippen LogP contribution is 2.14. The predicted octanol–water partition coefficient (Wildman–Crippen LogP) is 0.486. The van der Waals surface area contributed by atoms with E-state index in [2.05, 4.69) is 30.3 Å². The molecule has 160 valence electrons. The summed E-state index contributed by atoms with van der Waals surface area (Å²) >= 11 is 0. The van der Waals surface area contributed by atoms with Crippen molar-refractivity contribution >= 4 is 39.3 Å². The van der Waals surface area contributed by atoms with Gasteiger partial charge in [0.05, 0.1) is 5.75 Å². The molecular formula is C18H23N7O4S. The second-order valence-electron chi connectivity index (χ2n) is 6.56. The quantitative estimate of drug-likeness (QED) is 0.360. The monoisotopic (exact) mass is 433 g/mol. The number of imide groups is 1. The maximum absolute atomic E-state index is 12.1. The Morgan fingerprint density at radius 1 is 0.967 bits per heavy atom. The molecule has 2 amide bonds. The smallest absolute Gasteiger partial charge is 0.229 e. The van der Waals surface area contributed by atoms with Gasteiger partial charge in [-0.25, -0.2) is 28.1 Å². The number of nitrogens with zero attached hydrogens (tertiary/aromatic N) is 4. The van der Waals surface area contributed by atoms with Crippen LogP contribution in [-0.2, 0) is 19.6 Å². The maximum Gasteiger partial charge on any atom is 0.229 e. The van der Waals surface area contributed by atoms with Gasteiger partial charge in [0, 0.05) is 44.7 Å². The van der Waals surface area contributed by atoms with Crippen molar-refractivity contribution in [3.63, 3.8) is 0 Å². The van der Waals surface area contributed by atoms with E-state index in [1.807, 2.05) is 12.1 Å². The number of piperidine rings is 1. The molecule has 3 rings (SSSR count). The van der Waals surface area contributed by atoms with Crippen molar-refractivity contribution in [2.24, 2.45) is 0 Å². The van der Waals surface area contributed by atoms with E-state index in [1.54, 1.807) is 18.3 Å². The van der Waals surface area contributed by atoms with Crippen LogP contribution in [0.3, 0.4) is 0 Å². The van der Waals surface area contributed by atoms with Crippen molar-refractivity contribution in [2.45, 2.75) is 19.3 Å². The van der Waals surface area contributed by atoms with E-state index in [1.165, 1.54) is 6.33 Å². The van der Waals surface area contributed by atoms with Crippen LogP contribution in [0, 0.1) is 0 Å². The van der Waals surface area contributed by atoms with Gasteiger partial charge in [-0.05, 0) is 18.6 Å². The molecule has 30 heavy (non-hydrogen) atoms. The van der Waals surface area contributed by atoms with Crippen LogP contribution in [0.15, 0.2) is 36.8 Å². The second kappa shape index (κ2) is 10.1. The molecule has 0 spiro atoms. The minimum absolute atomic E-state index is 0.122. The average molecular weight is 433 g/mol. The predicted molar refractivity (Wildman–Crippen MR) is 110 cm³/mol. The minimum atomic E-state index is -3.62. The highest BCUT2D eigenvalue weighted by molar-refractivity contribution is 7.89. The molecule has 0 radical (unpaired) electrons. The van der Waals surface area contributed by atoms with Crippen LogP contribution in [-0.4, -0.2) is 65.5 Å². The van der Waals surface area contributed by atoms with Gasteiger partial charge in [0.2, 0.25) is 21.8 Å². The topological polar surface area (TPSA) is 146 Å². The fraction of sp³-hybridized carbons (Fsp3) is 0.389. The molecular weight excluding hydrogens is 410 g/mol. The Kier molecular flexibility index (Phi) is 7.25. The van der Waals surface area contributed by atoms with Gasteiger partial charge < -0.3 is 10.6 Å². The summed E-state index contributed by atoms with van der Waals surface area (Å²) < 4.78 is 26.7. The first-order chi connectivity index (χ1) is 14.4. The Morgan fingerprint density at radius 2 is 1.73 bits per heavy atom. The number of pyridine rings is 1. The number of carbonyl (C=O) groups excluding carboxylic acids is 2. The number of likely N-dealkylation sites (tertiary alicyclic amines) is 1. The molecule has 1 fully saturated rings. The summed E-state index contributed by atoms with van der Waals surface area (Å²) in [4.78, 5) is 36.9. The van der Waals surface area contributed by atoms with Crippen LogP contribution in [0.2, 0.25) is 0 Å². The first-order valence-corrected chi connectivity index (χ1v) is 11.1. The van der Waals surface area contributed by atoms with E-state index in [4.69, 9.17) is 0 Å². The molecule has 0 saturated carbocycles. The Balaban J connectivity index is 1.42. The molecule has 2 aromatic rings. The van der Waals surface area contributed by atoms with E-state index in [0.717, 1.165) is 4.90 Å². The molecule has 0 unspecified atom stereocenters. The highest BCUT2D eigenvalue weighted by atomic mass is 32.2. The average Bonchev–Trinajstić information content (AvgIpc) is 2.72. The van der Waals surface area contributed by atoms with E-state index in [9.17, 15) is 18.0 Å². The number of sulfonamides is 1. The first kappa shape index (κ1) is 21.6. The summed E-state index contributed by atoms with van der Waals surface area (Å²) in [6.45, 7) is 0.285. The molecule has 0 atom stereocenters. The maximum atomic E-state index is 12.1. The molecule has 0 bridgehead atoms. The Labute approximate surface area is 174 Å². The van der Waals surface area contributed by atoms with Crippen molar-refractivity contribution in [2.75, 3.05) is 36.0 Å². The molecule has 12 heteroatoms. The van der Waals surface area contributed by atoms with Gasteiger partial charge in [0.25, 0.3) is 0 Å². The van der Waals surface area contributed by atoms with Crippen molar-refractivity contribution in [1.82, 2.24) is 24.6 Å².